The van der Waals surface area contributed by atoms with Gasteiger partial charge in [0.1, 0.15) is 5.56 Å². The predicted octanol–water partition coefficient (Wildman–Crippen LogP) is 3.94. The summed E-state index contributed by atoms with van der Waals surface area (Å²) < 4.78 is 7.24. The van der Waals surface area contributed by atoms with Crippen molar-refractivity contribution in [3.05, 3.63) is 86.3 Å². The number of amides is 1. The first-order valence-corrected chi connectivity index (χ1v) is 11.6. The summed E-state index contributed by atoms with van der Waals surface area (Å²) in [5.74, 6) is 0.0698. The zero-order valence-corrected chi connectivity index (χ0v) is 18.9. The van der Waals surface area contributed by atoms with Crippen molar-refractivity contribution >= 4 is 33.8 Å². The summed E-state index contributed by atoms with van der Waals surface area (Å²) in [6.07, 6.45) is 4.41. The number of halogens is 1. The normalized spacial score (nSPS) is 14.8. The Balaban J connectivity index is 1.52. The summed E-state index contributed by atoms with van der Waals surface area (Å²) >= 11 is 5.92. The lowest BCUT2D eigenvalue weighted by Crippen LogP contribution is -2.29. The third kappa shape index (κ3) is 4.34. The fraction of sp³-hybridized carbons (Fsp3) is 0.308. The minimum Gasteiger partial charge on any atom is -0.390 e. The van der Waals surface area contributed by atoms with E-state index in [9.17, 15) is 14.7 Å². The van der Waals surface area contributed by atoms with E-state index in [1.165, 1.54) is 0 Å². The molecule has 1 fully saturated rings. The molecule has 0 radical (unpaired) electrons. The number of hydrogen-bond acceptors (Lipinski definition) is 4. The van der Waals surface area contributed by atoms with E-state index in [0.29, 0.717) is 22.0 Å². The third-order valence-corrected chi connectivity index (χ3v) is 6.71. The molecule has 2 N–H and O–H groups in total. The van der Waals surface area contributed by atoms with Gasteiger partial charge in [0, 0.05) is 47.4 Å². The largest absolute Gasteiger partial charge is 0.390 e. The standard InChI is InChI=1S/C26H25ClN2O4/c27-20-3-1-17(2-4-20)13-28-26(32)23-14-29-21(15-30)12-19-10-18(9-16-5-7-33-8-6-16)11-22(24(19)29)25(23)31/h1-4,10-12,14,16,30H,5-9,13,15H2,(H,28,32). The van der Waals surface area contributed by atoms with Gasteiger partial charge in [0.25, 0.3) is 5.91 Å². The zero-order chi connectivity index (χ0) is 22.9. The Morgan fingerprint density at radius 3 is 2.61 bits per heavy atom. The van der Waals surface area contributed by atoms with Gasteiger partial charge in [-0.05, 0) is 66.6 Å². The number of aliphatic hydroxyl groups excluding tert-OH is 1. The van der Waals surface area contributed by atoms with Crippen LogP contribution < -0.4 is 10.7 Å². The van der Waals surface area contributed by atoms with E-state index >= 15 is 0 Å². The molecule has 0 aliphatic carbocycles. The molecule has 1 aliphatic heterocycles. The summed E-state index contributed by atoms with van der Waals surface area (Å²) in [6.45, 7) is 1.63. The van der Waals surface area contributed by atoms with Crippen LogP contribution in [0.5, 0.6) is 0 Å². The third-order valence-electron chi connectivity index (χ3n) is 6.46. The monoisotopic (exact) mass is 464 g/mol. The number of ether oxygens (including phenoxy) is 1. The molecular weight excluding hydrogens is 440 g/mol. The molecule has 1 saturated heterocycles. The number of aromatic nitrogens is 1. The van der Waals surface area contributed by atoms with E-state index in [-0.39, 0.29) is 24.1 Å². The van der Waals surface area contributed by atoms with E-state index in [1.807, 2.05) is 24.3 Å². The number of carbonyl (C=O) groups excluding carboxylic acids is 1. The molecule has 0 saturated carbocycles. The number of pyridine rings is 1. The second-order valence-corrected chi connectivity index (χ2v) is 9.12. The van der Waals surface area contributed by atoms with Crippen LogP contribution in [0, 0.1) is 5.92 Å². The Morgan fingerprint density at radius 1 is 1.12 bits per heavy atom. The second kappa shape index (κ2) is 9.14. The van der Waals surface area contributed by atoms with Gasteiger partial charge in [-0.2, -0.15) is 0 Å². The van der Waals surface area contributed by atoms with Crippen LogP contribution >= 0.6 is 11.6 Å². The molecule has 2 aromatic heterocycles. The molecule has 33 heavy (non-hydrogen) atoms. The minimum absolute atomic E-state index is 0.0619. The Labute approximate surface area is 196 Å². The number of nitrogens with zero attached hydrogens (tertiary/aromatic N) is 1. The maximum atomic E-state index is 13.4. The van der Waals surface area contributed by atoms with Crippen molar-refractivity contribution in [3.63, 3.8) is 0 Å². The van der Waals surface area contributed by atoms with Crippen LogP contribution in [-0.2, 0) is 24.3 Å². The van der Waals surface area contributed by atoms with Crippen molar-refractivity contribution in [1.82, 2.24) is 9.72 Å². The maximum Gasteiger partial charge on any atom is 0.257 e. The van der Waals surface area contributed by atoms with Gasteiger partial charge in [0.05, 0.1) is 12.1 Å². The van der Waals surface area contributed by atoms with E-state index in [1.54, 1.807) is 22.7 Å². The fourth-order valence-corrected chi connectivity index (χ4v) is 4.83. The van der Waals surface area contributed by atoms with Crippen molar-refractivity contribution < 1.29 is 14.6 Å². The molecule has 0 bridgehead atoms. The average Bonchev–Trinajstić information content (AvgIpc) is 3.19. The molecule has 2 aromatic carbocycles. The van der Waals surface area contributed by atoms with Crippen LogP contribution in [0.2, 0.25) is 5.02 Å². The number of aliphatic hydroxyl groups is 1. The second-order valence-electron chi connectivity index (χ2n) is 8.69. The summed E-state index contributed by atoms with van der Waals surface area (Å²) in [5, 5.41) is 14.8. The van der Waals surface area contributed by atoms with Gasteiger partial charge >= 0.3 is 0 Å². The van der Waals surface area contributed by atoms with E-state index in [0.717, 1.165) is 54.5 Å². The van der Waals surface area contributed by atoms with Gasteiger partial charge in [-0.3, -0.25) is 9.59 Å². The van der Waals surface area contributed by atoms with Crippen molar-refractivity contribution in [1.29, 1.82) is 0 Å². The molecule has 6 nitrogen and oxygen atoms in total. The Bertz CT molecular complexity index is 1360. The van der Waals surface area contributed by atoms with Gasteiger partial charge in [-0.1, -0.05) is 23.7 Å². The highest BCUT2D eigenvalue weighted by Gasteiger charge is 2.21. The first-order valence-electron chi connectivity index (χ1n) is 11.2. The van der Waals surface area contributed by atoms with Gasteiger partial charge in [-0.15, -0.1) is 0 Å². The fourth-order valence-electron chi connectivity index (χ4n) is 4.71. The summed E-state index contributed by atoms with van der Waals surface area (Å²) in [6, 6.07) is 13.1. The molecule has 170 valence electrons. The Hall–Kier alpha value is -2.93. The van der Waals surface area contributed by atoms with Gasteiger partial charge in [0.2, 0.25) is 5.43 Å². The van der Waals surface area contributed by atoms with Gasteiger partial charge < -0.3 is 19.6 Å². The Morgan fingerprint density at radius 2 is 1.88 bits per heavy atom. The maximum absolute atomic E-state index is 13.4. The van der Waals surface area contributed by atoms with Crippen LogP contribution in [0.25, 0.3) is 16.3 Å². The summed E-state index contributed by atoms with van der Waals surface area (Å²) in [4.78, 5) is 26.4. The molecule has 1 aliphatic rings. The number of rotatable bonds is 6. The molecule has 4 aromatic rings. The van der Waals surface area contributed by atoms with Crippen molar-refractivity contribution in [2.24, 2.45) is 5.92 Å². The van der Waals surface area contributed by atoms with Crippen LogP contribution in [0.15, 0.2) is 53.5 Å². The smallest absolute Gasteiger partial charge is 0.257 e. The first-order chi connectivity index (χ1) is 16.0. The molecule has 3 heterocycles. The number of benzene rings is 2. The zero-order valence-electron chi connectivity index (χ0n) is 18.1. The molecule has 7 heteroatoms. The topological polar surface area (TPSA) is 80.0 Å². The van der Waals surface area contributed by atoms with Crippen molar-refractivity contribution in [2.75, 3.05) is 13.2 Å². The summed E-state index contributed by atoms with van der Waals surface area (Å²) in [7, 11) is 0. The number of carbonyl (C=O) groups is 1. The highest BCUT2D eigenvalue weighted by Crippen LogP contribution is 2.28. The quantitative estimate of drug-likeness (QED) is 0.453. The average molecular weight is 465 g/mol. The SMILES string of the molecule is O=C(NCc1ccc(Cl)cc1)c1cn2c(CO)cc3cc(CC4CCOCC4)cc(c1=O)c32. The van der Waals surface area contributed by atoms with Crippen molar-refractivity contribution in [3.8, 4) is 0 Å². The van der Waals surface area contributed by atoms with E-state index < -0.39 is 5.91 Å². The van der Waals surface area contributed by atoms with Crippen LogP contribution in [-0.4, -0.2) is 28.6 Å². The molecular formula is C26H25ClN2O4. The van der Waals surface area contributed by atoms with Crippen LogP contribution in [0.1, 0.15) is 40.0 Å². The molecule has 5 rings (SSSR count). The van der Waals surface area contributed by atoms with Gasteiger partial charge in [-0.25, -0.2) is 0 Å². The van der Waals surface area contributed by atoms with Crippen LogP contribution in [0.4, 0.5) is 0 Å². The molecule has 0 atom stereocenters. The lowest BCUT2D eigenvalue weighted by Gasteiger charge is -2.22. The van der Waals surface area contributed by atoms with Gasteiger partial charge in [0.15, 0.2) is 0 Å². The van der Waals surface area contributed by atoms with Crippen molar-refractivity contribution in [2.45, 2.75) is 32.4 Å². The first kappa shape index (κ1) is 21.9. The minimum atomic E-state index is -0.443. The van der Waals surface area contributed by atoms with Crippen LogP contribution in [0.3, 0.4) is 0 Å². The van der Waals surface area contributed by atoms with E-state index in [2.05, 4.69) is 11.4 Å². The molecule has 0 spiro atoms. The Kier molecular flexibility index (Phi) is 6.06. The lowest BCUT2D eigenvalue weighted by molar-refractivity contribution is 0.0665. The van der Waals surface area contributed by atoms with E-state index in [4.69, 9.17) is 16.3 Å². The highest BCUT2D eigenvalue weighted by atomic mass is 35.5. The number of hydrogen-bond donors (Lipinski definition) is 2. The predicted molar refractivity (Wildman–Crippen MR) is 128 cm³/mol. The lowest BCUT2D eigenvalue weighted by atomic mass is 9.91. The molecule has 1 amide bonds. The highest BCUT2D eigenvalue weighted by molar-refractivity contribution is 6.30. The summed E-state index contributed by atoms with van der Waals surface area (Å²) in [5.41, 5.74) is 3.11. The number of nitrogens with one attached hydrogen (secondary N) is 1. The molecule has 0 unspecified atom stereocenters.